The van der Waals surface area contributed by atoms with Gasteiger partial charge in [0.25, 0.3) is 0 Å². The molecule has 29 heavy (non-hydrogen) atoms. The van der Waals surface area contributed by atoms with E-state index >= 15 is 0 Å². The van der Waals surface area contributed by atoms with Gasteiger partial charge in [-0.15, -0.1) is 0 Å². The molecular weight excluding hydrogens is 408 g/mol. The van der Waals surface area contributed by atoms with Gasteiger partial charge < -0.3 is 42.9 Å². The van der Waals surface area contributed by atoms with Gasteiger partial charge in [-0.25, -0.2) is 0 Å². The predicted octanol–water partition coefficient (Wildman–Crippen LogP) is -1.37. The average molecular weight is 443 g/mol. The quantitative estimate of drug-likeness (QED) is 0.207. The van der Waals surface area contributed by atoms with E-state index in [0.29, 0.717) is 0 Å². The van der Waals surface area contributed by atoms with Crippen molar-refractivity contribution in [3.63, 3.8) is 0 Å². The Bertz CT molecular complexity index is 490. The summed E-state index contributed by atoms with van der Waals surface area (Å²) in [4.78, 5) is 39.3. The topological polar surface area (TPSA) is 239 Å². The lowest BCUT2D eigenvalue weighted by atomic mass is 10.0. The summed E-state index contributed by atoms with van der Waals surface area (Å²) in [5, 5.41) is 35.2. The summed E-state index contributed by atoms with van der Waals surface area (Å²) < 4.78 is 0. The van der Waals surface area contributed by atoms with Crippen LogP contribution in [0.25, 0.3) is 0 Å². The lowest BCUT2D eigenvalue weighted by molar-refractivity contribution is -0.140. The van der Waals surface area contributed by atoms with Crippen molar-refractivity contribution in [3.05, 3.63) is 0 Å². The van der Waals surface area contributed by atoms with Crippen LogP contribution in [-0.4, -0.2) is 81.3 Å². The van der Waals surface area contributed by atoms with Gasteiger partial charge in [-0.1, -0.05) is 20.3 Å². The largest absolute Gasteiger partial charge is 0.480 e. The molecule has 1 saturated heterocycles. The van der Waals surface area contributed by atoms with Crippen molar-refractivity contribution in [3.8, 4) is 0 Å². The second kappa shape index (κ2) is 19.4. The summed E-state index contributed by atoms with van der Waals surface area (Å²) in [5.41, 5.74) is 14.8. The normalized spacial score (nSPS) is 17.5. The average Bonchev–Trinajstić information content (AvgIpc) is 3.22. The molecule has 12 nitrogen and oxygen atoms in total. The molecule has 0 saturated carbocycles. The Kier molecular flexibility index (Phi) is 21.2. The smallest absolute Gasteiger partial charge is 0.321 e. The van der Waals surface area contributed by atoms with Gasteiger partial charge in [-0.2, -0.15) is 12.6 Å². The molecule has 0 aromatic carbocycles. The van der Waals surface area contributed by atoms with Crippen molar-refractivity contribution in [2.24, 2.45) is 23.1 Å². The number of carboxylic acids is 4. The number of carboxylic acid groups (broad SMARTS) is 4. The number of nitrogens with one attached hydrogen (secondary N) is 1. The molecule has 0 unspecified atom stereocenters. The highest BCUT2D eigenvalue weighted by atomic mass is 32.1. The molecule has 1 aliphatic rings. The first kappa shape index (κ1) is 31.8. The summed E-state index contributed by atoms with van der Waals surface area (Å²) in [7, 11) is 0. The van der Waals surface area contributed by atoms with E-state index in [1.807, 2.05) is 13.8 Å². The molecule has 1 heterocycles. The molecule has 0 aromatic rings. The maximum absolute atomic E-state index is 10.2. The van der Waals surface area contributed by atoms with Gasteiger partial charge in [-0.3, -0.25) is 19.2 Å². The Balaban J connectivity index is -0.000000317. The van der Waals surface area contributed by atoms with Crippen molar-refractivity contribution in [1.82, 2.24) is 5.32 Å². The van der Waals surface area contributed by atoms with Crippen LogP contribution >= 0.6 is 12.6 Å². The molecule has 0 spiro atoms. The van der Waals surface area contributed by atoms with Crippen LogP contribution in [-0.2, 0) is 19.2 Å². The highest BCUT2D eigenvalue weighted by molar-refractivity contribution is 7.80. The Morgan fingerprint density at radius 3 is 1.69 bits per heavy atom. The standard InChI is InChI=1S/C6H13NO2.C5H9NO2.C3H7NO2S.C2H5NO2/c1-3-4(2)5(7)6(8)9;7-5(8)4-2-1-3-6-4;4-2(1-7)3(5)6;3-1-2(4)5/h4-5H,3,7H2,1-2H3,(H,8,9);4,6H,1-3H2,(H,7,8);2,7H,1,4H2,(H,5,6);1,3H2,(H,4,5)/t4-,5-;4-;2-;/m000./s1. The molecule has 0 amide bonds. The first-order chi connectivity index (χ1) is 13.3. The zero-order valence-corrected chi connectivity index (χ0v) is 17.5. The van der Waals surface area contributed by atoms with Crippen LogP contribution in [0.1, 0.15) is 33.1 Å². The molecule has 11 N–H and O–H groups in total. The molecule has 4 atom stereocenters. The lowest BCUT2D eigenvalue weighted by Gasteiger charge is -2.11. The molecule has 172 valence electrons. The number of hydrogen-bond acceptors (Lipinski definition) is 9. The van der Waals surface area contributed by atoms with Crippen LogP contribution < -0.4 is 22.5 Å². The van der Waals surface area contributed by atoms with Crippen molar-refractivity contribution in [1.29, 1.82) is 0 Å². The van der Waals surface area contributed by atoms with Crippen molar-refractivity contribution < 1.29 is 39.6 Å². The monoisotopic (exact) mass is 442 g/mol. The number of aliphatic carboxylic acids is 4. The number of carbonyl (C=O) groups is 4. The minimum absolute atomic E-state index is 0.0718. The summed E-state index contributed by atoms with van der Waals surface area (Å²) in [6, 6.07) is -1.78. The fourth-order valence-electron chi connectivity index (χ4n) is 1.47. The van der Waals surface area contributed by atoms with E-state index in [-0.39, 0.29) is 24.3 Å². The lowest BCUT2D eigenvalue weighted by Crippen LogP contribution is -2.36. The summed E-state index contributed by atoms with van der Waals surface area (Å²) in [5.74, 6) is -3.34. The van der Waals surface area contributed by atoms with Crippen molar-refractivity contribution in [2.75, 3.05) is 18.8 Å². The molecule has 1 rings (SSSR count). The molecule has 0 aliphatic carbocycles. The Morgan fingerprint density at radius 2 is 1.59 bits per heavy atom. The van der Waals surface area contributed by atoms with E-state index in [2.05, 4.69) is 23.7 Å². The van der Waals surface area contributed by atoms with Crippen LogP contribution in [0.2, 0.25) is 0 Å². The number of thiol groups is 1. The second-order valence-corrected chi connectivity index (χ2v) is 6.33. The molecule has 0 radical (unpaired) electrons. The van der Waals surface area contributed by atoms with Crippen LogP contribution in [0.3, 0.4) is 0 Å². The Morgan fingerprint density at radius 1 is 1.10 bits per heavy atom. The third-order valence-corrected chi connectivity index (χ3v) is 3.98. The first-order valence-corrected chi connectivity index (χ1v) is 9.44. The number of rotatable bonds is 7. The van der Waals surface area contributed by atoms with Crippen molar-refractivity contribution in [2.45, 2.75) is 51.2 Å². The highest BCUT2D eigenvalue weighted by Gasteiger charge is 2.20. The summed E-state index contributed by atoms with van der Waals surface area (Å²) in [6.07, 6.45) is 2.60. The van der Waals surface area contributed by atoms with Gasteiger partial charge in [0.1, 0.15) is 18.1 Å². The van der Waals surface area contributed by atoms with E-state index in [4.69, 9.17) is 31.9 Å². The van der Waals surface area contributed by atoms with E-state index in [1.54, 1.807) is 0 Å². The second-order valence-electron chi connectivity index (χ2n) is 5.96. The molecule has 0 aromatic heterocycles. The minimum Gasteiger partial charge on any atom is -0.480 e. The van der Waals surface area contributed by atoms with Gasteiger partial charge in [0, 0.05) is 5.75 Å². The fraction of sp³-hybridized carbons (Fsp3) is 0.750. The van der Waals surface area contributed by atoms with E-state index < -0.39 is 36.0 Å². The highest BCUT2D eigenvalue weighted by Crippen LogP contribution is 2.04. The molecule has 1 aliphatic heterocycles. The number of hydrogen-bond donors (Lipinski definition) is 9. The zero-order chi connectivity index (χ0) is 23.6. The van der Waals surface area contributed by atoms with Gasteiger partial charge in [0.15, 0.2) is 0 Å². The summed E-state index contributed by atoms with van der Waals surface area (Å²) in [6.45, 7) is 4.34. The first-order valence-electron chi connectivity index (χ1n) is 8.81. The van der Waals surface area contributed by atoms with E-state index in [1.165, 1.54) is 0 Å². The molecule has 13 heteroatoms. The zero-order valence-electron chi connectivity index (χ0n) is 16.7. The molecular formula is C16H34N4O8S. The summed E-state index contributed by atoms with van der Waals surface area (Å²) >= 11 is 3.65. The Hall–Kier alpha value is -1.93. The van der Waals surface area contributed by atoms with Gasteiger partial charge in [-0.05, 0) is 25.3 Å². The van der Waals surface area contributed by atoms with Crippen LogP contribution in [0, 0.1) is 5.92 Å². The molecule has 1 fully saturated rings. The van der Waals surface area contributed by atoms with Gasteiger partial charge in [0.05, 0.1) is 6.54 Å². The van der Waals surface area contributed by atoms with Gasteiger partial charge >= 0.3 is 23.9 Å². The fourth-order valence-corrected chi connectivity index (χ4v) is 1.63. The predicted molar refractivity (Wildman–Crippen MR) is 110 cm³/mol. The van der Waals surface area contributed by atoms with Crippen LogP contribution in [0.15, 0.2) is 0 Å². The third-order valence-electron chi connectivity index (χ3n) is 3.59. The Labute approximate surface area is 175 Å². The van der Waals surface area contributed by atoms with Gasteiger partial charge in [0.2, 0.25) is 0 Å². The third kappa shape index (κ3) is 20.6. The number of nitrogens with two attached hydrogens (primary N) is 3. The minimum atomic E-state index is -1.00. The maximum atomic E-state index is 10.2. The van der Waals surface area contributed by atoms with Crippen molar-refractivity contribution >= 4 is 36.5 Å². The van der Waals surface area contributed by atoms with E-state index in [0.717, 1.165) is 25.8 Å². The SMILES string of the molecule is CC[C@H](C)[C@H](N)C(=O)O.NCC(=O)O.N[C@@H](CS)C(=O)O.O=C(O)[C@@H]1CCCN1. The molecule has 0 bridgehead atoms. The van der Waals surface area contributed by atoms with Crippen LogP contribution in [0.5, 0.6) is 0 Å². The maximum Gasteiger partial charge on any atom is 0.321 e. The van der Waals surface area contributed by atoms with E-state index in [9.17, 15) is 19.2 Å². The van der Waals surface area contributed by atoms with Crippen LogP contribution in [0.4, 0.5) is 0 Å².